The first-order chi connectivity index (χ1) is 16.5. The van der Waals surface area contributed by atoms with Crippen LogP contribution in [0.15, 0.2) is 71.5 Å². The van der Waals surface area contributed by atoms with Gasteiger partial charge in [0.15, 0.2) is 0 Å². The van der Waals surface area contributed by atoms with Gasteiger partial charge in [-0.1, -0.05) is 30.3 Å². The van der Waals surface area contributed by atoms with Gasteiger partial charge in [-0.25, -0.2) is 0 Å². The van der Waals surface area contributed by atoms with Crippen molar-refractivity contribution in [3.05, 3.63) is 93.9 Å². The molecule has 1 aromatic heterocycles. The van der Waals surface area contributed by atoms with Crippen molar-refractivity contribution >= 4 is 17.5 Å². The second kappa shape index (κ2) is 9.17. The van der Waals surface area contributed by atoms with Gasteiger partial charge >= 0.3 is 0 Å². The summed E-state index contributed by atoms with van der Waals surface area (Å²) < 4.78 is 6.97. The van der Waals surface area contributed by atoms with Gasteiger partial charge in [0.25, 0.3) is 11.5 Å². The van der Waals surface area contributed by atoms with Gasteiger partial charge < -0.3 is 19.5 Å². The normalized spacial score (nSPS) is 18.7. The van der Waals surface area contributed by atoms with E-state index in [1.54, 1.807) is 42.0 Å². The zero-order chi connectivity index (χ0) is 23.7. The van der Waals surface area contributed by atoms with Crippen molar-refractivity contribution in [1.82, 2.24) is 9.47 Å². The van der Waals surface area contributed by atoms with E-state index in [0.29, 0.717) is 36.6 Å². The smallest absolute Gasteiger partial charge is 0.274 e. The molecule has 7 nitrogen and oxygen atoms in total. The number of likely N-dealkylation sites (tertiary alicyclic amines) is 1. The van der Waals surface area contributed by atoms with E-state index < -0.39 is 0 Å². The quantitative estimate of drug-likeness (QED) is 0.638. The Morgan fingerprint density at radius 1 is 0.971 bits per heavy atom. The van der Waals surface area contributed by atoms with Gasteiger partial charge in [-0.15, -0.1) is 0 Å². The molecule has 7 heteroatoms. The number of piperidine rings is 1. The van der Waals surface area contributed by atoms with Crippen molar-refractivity contribution in [2.45, 2.75) is 25.3 Å². The number of carbonyl (C=O) groups is 2. The second-order valence-corrected chi connectivity index (χ2v) is 9.04. The third-order valence-corrected chi connectivity index (χ3v) is 6.71. The Bertz CT molecular complexity index is 1270. The maximum absolute atomic E-state index is 13.2. The van der Waals surface area contributed by atoms with Crippen molar-refractivity contribution in [2.75, 3.05) is 25.5 Å². The standard InChI is InChI=1S/C27H27N3O4/c1-34-22-9-7-20(8-10-22)26(32)29-15-19-13-21(17-29)24-12-11-23(27(33)30(24)16-19)28-25(31)14-18-5-3-2-4-6-18/h2-12,19,21H,13-17H2,1H3,(H,28,31)/t19-,21-/m1/s1. The molecule has 5 rings (SSSR count). The number of nitrogens with zero attached hydrogens (tertiary/aromatic N) is 2. The van der Waals surface area contributed by atoms with Crippen LogP contribution >= 0.6 is 0 Å². The maximum Gasteiger partial charge on any atom is 0.274 e. The number of anilines is 1. The van der Waals surface area contributed by atoms with E-state index in [4.69, 9.17) is 4.74 Å². The number of benzene rings is 2. The molecule has 0 aliphatic carbocycles. The monoisotopic (exact) mass is 457 g/mol. The molecule has 1 fully saturated rings. The fourth-order valence-electron chi connectivity index (χ4n) is 5.10. The number of methoxy groups -OCH3 is 1. The summed E-state index contributed by atoms with van der Waals surface area (Å²) in [6.07, 6.45) is 1.17. The van der Waals surface area contributed by atoms with Crippen LogP contribution in [0, 0.1) is 5.92 Å². The number of fused-ring (bicyclic) bond motifs is 4. The Morgan fingerprint density at radius 2 is 1.74 bits per heavy atom. The first kappa shape index (κ1) is 21.9. The summed E-state index contributed by atoms with van der Waals surface area (Å²) in [7, 11) is 1.60. The Balaban J connectivity index is 1.32. The number of rotatable bonds is 5. The molecule has 174 valence electrons. The highest BCUT2D eigenvalue weighted by molar-refractivity contribution is 5.94. The molecule has 2 aliphatic rings. The first-order valence-electron chi connectivity index (χ1n) is 11.5. The second-order valence-electron chi connectivity index (χ2n) is 9.04. The summed E-state index contributed by atoms with van der Waals surface area (Å²) in [6, 6.07) is 20.2. The van der Waals surface area contributed by atoms with Gasteiger partial charge in [0.1, 0.15) is 11.4 Å². The summed E-state index contributed by atoms with van der Waals surface area (Å²) >= 11 is 0. The summed E-state index contributed by atoms with van der Waals surface area (Å²) in [4.78, 5) is 40.7. The van der Waals surface area contributed by atoms with E-state index in [9.17, 15) is 14.4 Å². The average molecular weight is 458 g/mol. The van der Waals surface area contributed by atoms with Crippen LogP contribution < -0.4 is 15.6 Å². The third kappa shape index (κ3) is 4.33. The predicted molar refractivity (Wildman–Crippen MR) is 129 cm³/mol. The van der Waals surface area contributed by atoms with E-state index in [1.807, 2.05) is 41.3 Å². The van der Waals surface area contributed by atoms with Crippen LogP contribution in [0.4, 0.5) is 5.69 Å². The van der Waals surface area contributed by atoms with E-state index in [1.165, 1.54) is 0 Å². The molecule has 1 N–H and O–H groups in total. The highest BCUT2D eigenvalue weighted by atomic mass is 16.5. The molecule has 0 saturated carbocycles. The molecule has 3 aromatic rings. The van der Waals surface area contributed by atoms with E-state index in [2.05, 4.69) is 5.32 Å². The molecular weight excluding hydrogens is 430 g/mol. The van der Waals surface area contributed by atoms with Gasteiger partial charge in [0.05, 0.1) is 13.5 Å². The minimum Gasteiger partial charge on any atom is -0.497 e. The largest absolute Gasteiger partial charge is 0.497 e. The van der Waals surface area contributed by atoms with Gasteiger partial charge in [-0.3, -0.25) is 14.4 Å². The lowest BCUT2D eigenvalue weighted by atomic mass is 9.83. The number of pyridine rings is 1. The van der Waals surface area contributed by atoms with Crippen LogP contribution in [0.2, 0.25) is 0 Å². The van der Waals surface area contributed by atoms with Crippen molar-refractivity contribution in [3.8, 4) is 5.75 Å². The zero-order valence-electron chi connectivity index (χ0n) is 19.1. The Kier molecular flexibility index (Phi) is 5.92. The number of amides is 2. The van der Waals surface area contributed by atoms with Crippen molar-refractivity contribution in [2.24, 2.45) is 5.92 Å². The summed E-state index contributed by atoms with van der Waals surface area (Å²) in [6.45, 7) is 1.72. The topological polar surface area (TPSA) is 80.6 Å². The lowest BCUT2D eigenvalue weighted by Gasteiger charge is -2.43. The van der Waals surface area contributed by atoms with Crippen LogP contribution in [0.25, 0.3) is 0 Å². The summed E-state index contributed by atoms with van der Waals surface area (Å²) in [5.41, 5.74) is 2.58. The van der Waals surface area contributed by atoms with E-state index in [0.717, 1.165) is 17.7 Å². The number of ether oxygens (including phenoxy) is 1. The van der Waals surface area contributed by atoms with Crippen LogP contribution in [-0.4, -0.2) is 41.5 Å². The zero-order valence-corrected chi connectivity index (χ0v) is 19.1. The number of aromatic nitrogens is 1. The van der Waals surface area contributed by atoms with E-state index in [-0.39, 0.29) is 35.6 Å². The molecule has 2 aliphatic heterocycles. The molecule has 1 saturated heterocycles. The molecule has 2 atom stereocenters. The van der Waals surface area contributed by atoms with Crippen LogP contribution in [-0.2, 0) is 17.8 Å². The molecule has 3 heterocycles. The van der Waals surface area contributed by atoms with Crippen molar-refractivity contribution in [1.29, 1.82) is 0 Å². The minimum absolute atomic E-state index is 0.00190. The highest BCUT2D eigenvalue weighted by Gasteiger charge is 2.37. The van der Waals surface area contributed by atoms with Gasteiger partial charge in [0, 0.05) is 36.8 Å². The van der Waals surface area contributed by atoms with Crippen molar-refractivity contribution in [3.63, 3.8) is 0 Å². The lowest BCUT2D eigenvalue weighted by Crippen LogP contribution is -2.49. The number of carbonyl (C=O) groups excluding carboxylic acids is 2. The predicted octanol–water partition coefficient (Wildman–Crippen LogP) is 3.30. The summed E-state index contributed by atoms with van der Waals surface area (Å²) in [5, 5.41) is 2.79. The molecule has 2 aromatic carbocycles. The molecule has 0 spiro atoms. The fraction of sp³-hybridized carbons (Fsp3) is 0.296. The van der Waals surface area contributed by atoms with Crippen LogP contribution in [0.1, 0.15) is 34.0 Å². The summed E-state index contributed by atoms with van der Waals surface area (Å²) in [5.74, 6) is 0.791. The molecule has 0 unspecified atom stereocenters. The third-order valence-electron chi connectivity index (χ3n) is 6.71. The SMILES string of the molecule is COc1ccc(C(=O)N2C[C@H]3C[C@H](C2)c2ccc(NC(=O)Cc4ccccc4)c(=O)n2C3)cc1. The minimum atomic E-state index is -0.212. The average Bonchev–Trinajstić information content (AvgIpc) is 2.86. The Morgan fingerprint density at radius 3 is 2.47 bits per heavy atom. The van der Waals surface area contributed by atoms with Gasteiger partial charge in [-0.2, -0.15) is 0 Å². The Hall–Kier alpha value is -3.87. The number of nitrogens with one attached hydrogen (secondary N) is 1. The Labute approximate surface area is 198 Å². The fourth-order valence-corrected chi connectivity index (χ4v) is 5.10. The molecular formula is C27H27N3O4. The molecule has 0 radical (unpaired) electrons. The molecule has 2 amide bonds. The van der Waals surface area contributed by atoms with Gasteiger partial charge in [-0.05, 0) is 54.3 Å². The maximum atomic E-state index is 13.2. The molecule has 2 bridgehead atoms. The number of hydrogen-bond donors (Lipinski definition) is 1. The van der Waals surface area contributed by atoms with E-state index >= 15 is 0 Å². The molecule has 34 heavy (non-hydrogen) atoms. The van der Waals surface area contributed by atoms with Gasteiger partial charge in [0.2, 0.25) is 5.91 Å². The first-order valence-corrected chi connectivity index (χ1v) is 11.5. The van der Waals surface area contributed by atoms with Crippen molar-refractivity contribution < 1.29 is 14.3 Å². The van der Waals surface area contributed by atoms with Crippen LogP contribution in [0.3, 0.4) is 0 Å². The number of hydrogen-bond acceptors (Lipinski definition) is 4. The van der Waals surface area contributed by atoms with Crippen LogP contribution in [0.5, 0.6) is 5.75 Å². The highest BCUT2D eigenvalue weighted by Crippen LogP contribution is 2.36. The lowest BCUT2D eigenvalue weighted by molar-refractivity contribution is -0.115.